The highest BCUT2D eigenvalue weighted by Gasteiger charge is 2.29. The highest BCUT2D eigenvalue weighted by molar-refractivity contribution is 7.09. The maximum Gasteiger partial charge on any atom is 0.271 e. The molecule has 8 heteroatoms. The summed E-state index contributed by atoms with van der Waals surface area (Å²) < 4.78 is 14.8. The van der Waals surface area contributed by atoms with Crippen molar-refractivity contribution in [1.29, 1.82) is 0 Å². The molecule has 1 unspecified atom stereocenters. The van der Waals surface area contributed by atoms with E-state index in [4.69, 9.17) is 15.0 Å². The molecule has 0 aliphatic rings. The molecule has 2 aromatic heterocycles. The Kier molecular flexibility index (Phi) is 5.38. The lowest BCUT2D eigenvalue weighted by Crippen LogP contribution is -2.39. The summed E-state index contributed by atoms with van der Waals surface area (Å²) in [6, 6.07) is 0. The van der Waals surface area contributed by atoms with Gasteiger partial charge in [0.05, 0.1) is 12.3 Å². The van der Waals surface area contributed by atoms with Crippen molar-refractivity contribution in [2.45, 2.75) is 45.6 Å². The van der Waals surface area contributed by atoms with E-state index in [2.05, 4.69) is 26.7 Å². The molecule has 0 saturated heterocycles. The quantitative estimate of drug-likeness (QED) is 0.745. The van der Waals surface area contributed by atoms with E-state index in [-0.39, 0.29) is 0 Å². The smallest absolute Gasteiger partial charge is 0.271 e. The molecule has 0 spiro atoms. The zero-order chi connectivity index (χ0) is 15.3. The van der Waals surface area contributed by atoms with Crippen LogP contribution < -0.4 is 5.73 Å². The normalized spacial score (nSPS) is 14.3. The van der Waals surface area contributed by atoms with Crippen molar-refractivity contribution in [1.82, 2.24) is 19.7 Å². The Morgan fingerprint density at radius 3 is 2.86 bits per heavy atom. The predicted octanol–water partition coefficient (Wildman–Crippen LogP) is 2.14. The van der Waals surface area contributed by atoms with Crippen LogP contribution in [-0.2, 0) is 16.7 Å². The summed E-state index contributed by atoms with van der Waals surface area (Å²) in [6.07, 6.45) is 2.77. The highest BCUT2D eigenvalue weighted by Crippen LogP contribution is 2.27. The summed E-state index contributed by atoms with van der Waals surface area (Å²) in [5.74, 6) is 0.861. The lowest BCUT2D eigenvalue weighted by Gasteiger charge is -2.19. The van der Waals surface area contributed by atoms with Crippen molar-refractivity contribution < 1.29 is 9.26 Å². The minimum atomic E-state index is -0.778. The van der Waals surface area contributed by atoms with E-state index in [1.165, 1.54) is 11.5 Å². The molecule has 116 valence electrons. The van der Waals surface area contributed by atoms with Crippen LogP contribution in [-0.4, -0.2) is 32.9 Å². The van der Waals surface area contributed by atoms with Crippen LogP contribution in [0.2, 0.25) is 0 Å². The zero-order valence-electron chi connectivity index (χ0n) is 12.6. The van der Waals surface area contributed by atoms with Crippen molar-refractivity contribution in [3.63, 3.8) is 0 Å². The number of ether oxygens (including phenoxy) is 1. The molecule has 7 nitrogen and oxygen atoms in total. The van der Waals surface area contributed by atoms with Crippen molar-refractivity contribution in [2.75, 3.05) is 13.2 Å². The summed E-state index contributed by atoms with van der Waals surface area (Å²) in [4.78, 5) is 5.21. The second-order valence-corrected chi connectivity index (χ2v) is 5.95. The Hall–Kier alpha value is -1.38. The van der Waals surface area contributed by atoms with Gasteiger partial charge in [-0.05, 0) is 31.3 Å². The number of nitrogens with two attached hydrogens (primary N) is 1. The van der Waals surface area contributed by atoms with Gasteiger partial charge in [-0.15, -0.1) is 5.10 Å². The number of aromatic nitrogens is 4. The molecular weight excluding hydrogens is 290 g/mol. The minimum Gasteiger partial charge on any atom is -0.379 e. The van der Waals surface area contributed by atoms with E-state index in [9.17, 15) is 0 Å². The number of hydrogen-bond acceptors (Lipinski definition) is 8. The molecule has 2 aromatic rings. The van der Waals surface area contributed by atoms with Gasteiger partial charge < -0.3 is 15.0 Å². The van der Waals surface area contributed by atoms with E-state index >= 15 is 0 Å². The predicted molar refractivity (Wildman–Crippen MR) is 79.8 cm³/mol. The topological polar surface area (TPSA) is 100.0 Å². The second kappa shape index (κ2) is 7.06. The molecule has 0 saturated carbocycles. The van der Waals surface area contributed by atoms with Crippen LogP contribution in [0.5, 0.6) is 0 Å². The third-order valence-electron chi connectivity index (χ3n) is 2.92. The zero-order valence-corrected chi connectivity index (χ0v) is 13.4. The SMILES string of the molecule is CCCOCC(C)(N)c1noc(-c2snnc2CCC)n1. The first kappa shape index (κ1) is 16.0. The molecule has 21 heavy (non-hydrogen) atoms. The van der Waals surface area contributed by atoms with E-state index < -0.39 is 5.54 Å². The Morgan fingerprint density at radius 2 is 2.14 bits per heavy atom. The van der Waals surface area contributed by atoms with E-state index in [0.29, 0.717) is 24.9 Å². The Balaban J connectivity index is 2.15. The number of nitrogens with zero attached hydrogens (tertiary/aromatic N) is 4. The van der Waals surface area contributed by atoms with Crippen LogP contribution in [0.4, 0.5) is 0 Å². The summed E-state index contributed by atoms with van der Waals surface area (Å²) in [5.41, 5.74) is 6.31. The maximum absolute atomic E-state index is 6.20. The Morgan fingerprint density at radius 1 is 1.33 bits per heavy atom. The van der Waals surface area contributed by atoms with Crippen molar-refractivity contribution in [2.24, 2.45) is 5.73 Å². The largest absolute Gasteiger partial charge is 0.379 e. The van der Waals surface area contributed by atoms with Gasteiger partial charge in [0.25, 0.3) is 5.89 Å². The third-order valence-corrected chi connectivity index (χ3v) is 3.68. The fraction of sp³-hybridized carbons (Fsp3) is 0.692. The van der Waals surface area contributed by atoms with Gasteiger partial charge >= 0.3 is 0 Å². The third kappa shape index (κ3) is 3.84. The van der Waals surface area contributed by atoms with Crippen LogP contribution in [0.3, 0.4) is 0 Å². The molecular formula is C13H21N5O2S. The fourth-order valence-electron chi connectivity index (χ4n) is 1.81. The van der Waals surface area contributed by atoms with Gasteiger partial charge in [0.15, 0.2) is 5.82 Å². The van der Waals surface area contributed by atoms with Crippen molar-refractivity contribution >= 4 is 11.5 Å². The molecule has 0 amide bonds. The van der Waals surface area contributed by atoms with E-state index in [0.717, 1.165) is 29.8 Å². The second-order valence-electron chi connectivity index (χ2n) is 5.19. The lowest BCUT2D eigenvalue weighted by atomic mass is 10.1. The summed E-state index contributed by atoms with van der Waals surface area (Å²) in [6.45, 7) is 6.98. The van der Waals surface area contributed by atoms with Crippen LogP contribution in [0.1, 0.15) is 45.1 Å². The first-order chi connectivity index (χ1) is 10.1. The van der Waals surface area contributed by atoms with Crippen LogP contribution in [0, 0.1) is 0 Å². The van der Waals surface area contributed by atoms with Gasteiger partial charge in [-0.25, -0.2) is 0 Å². The van der Waals surface area contributed by atoms with Gasteiger partial charge in [0, 0.05) is 6.61 Å². The molecule has 2 rings (SSSR count). The molecule has 2 N–H and O–H groups in total. The van der Waals surface area contributed by atoms with Gasteiger partial charge in [0.1, 0.15) is 10.4 Å². The molecule has 0 aliphatic carbocycles. The monoisotopic (exact) mass is 311 g/mol. The minimum absolute atomic E-state index is 0.350. The first-order valence-electron chi connectivity index (χ1n) is 7.11. The molecule has 0 aliphatic heterocycles. The number of rotatable bonds is 8. The average molecular weight is 311 g/mol. The van der Waals surface area contributed by atoms with Crippen molar-refractivity contribution in [3.8, 4) is 10.8 Å². The van der Waals surface area contributed by atoms with Crippen LogP contribution >= 0.6 is 11.5 Å². The fourth-order valence-corrected chi connectivity index (χ4v) is 2.44. The van der Waals surface area contributed by atoms with E-state index in [1.54, 1.807) is 0 Å². The van der Waals surface area contributed by atoms with E-state index in [1.807, 2.05) is 13.8 Å². The van der Waals surface area contributed by atoms with Crippen LogP contribution in [0.15, 0.2) is 4.52 Å². The van der Waals surface area contributed by atoms with Gasteiger partial charge in [-0.3, -0.25) is 0 Å². The molecule has 0 bridgehead atoms. The lowest BCUT2D eigenvalue weighted by molar-refractivity contribution is 0.0867. The molecule has 1 atom stereocenters. The number of aryl methyl sites for hydroxylation is 1. The van der Waals surface area contributed by atoms with Gasteiger partial charge in [0.2, 0.25) is 0 Å². The van der Waals surface area contributed by atoms with Gasteiger partial charge in [-0.2, -0.15) is 4.98 Å². The number of hydrogen-bond donors (Lipinski definition) is 1. The standard InChI is InChI=1S/C13H21N5O2S/c1-4-6-9-10(21-18-16-9)11-15-12(17-20-11)13(3,14)8-19-7-5-2/h4-8,14H2,1-3H3. The van der Waals surface area contributed by atoms with Crippen molar-refractivity contribution in [3.05, 3.63) is 11.5 Å². The Bertz CT molecular complexity index is 566. The average Bonchev–Trinajstić information content (AvgIpc) is 3.07. The molecule has 2 heterocycles. The van der Waals surface area contributed by atoms with Gasteiger partial charge in [-0.1, -0.05) is 29.9 Å². The molecule has 0 fully saturated rings. The molecule has 0 radical (unpaired) electrons. The summed E-state index contributed by atoms with van der Waals surface area (Å²) in [7, 11) is 0. The summed E-state index contributed by atoms with van der Waals surface area (Å²) in [5, 5.41) is 8.08. The summed E-state index contributed by atoms with van der Waals surface area (Å²) >= 11 is 1.26. The maximum atomic E-state index is 6.20. The first-order valence-corrected chi connectivity index (χ1v) is 7.88. The molecule has 0 aromatic carbocycles. The Labute approximate surface area is 128 Å². The highest BCUT2D eigenvalue weighted by atomic mass is 32.1. The van der Waals surface area contributed by atoms with Crippen LogP contribution in [0.25, 0.3) is 10.8 Å².